The van der Waals surface area contributed by atoms with Crippen molar-refractivity contribution in [1.29, 1.82) is 0 Å². The molecule has 1 aliphatic rings. The second-order valence-corrected chi connectivity index (χ2v) is 7.47. The Bertz CT molecular complexity index is 676. The van der Waals surface area contributed by atoms with E-state index in [1.54, 1.807) is 26.2 Å². The van der Waals surface area contributed by atoms with Crippen molar-refractivity contribution in [2.24, 2.45) is 10.6 Å². The van der Waals surface area contributed by atoms with Crippen LogP contribution in [-0.2, 0) is 19.6 Å². The van der Waals surface area contributed by atoms with E-state index in [1.807, 2.05) is 0 Å². The number of methoxy groups -OCH3 is 1. The molecular formula is C15H23N3O4S. The number of nitrogens with one attached hydrogen (secondary N) is 2. The number of carbonyl (C=O) groups excluding carboxylic acids is 1. The van der Waals surface area contributed by atoms with E-state index < -0.39 is 15.4 Å². The van der Waals surface area contributed by atoms with Gasteiger partial charge in [0.15, 0.2) is 0 Å². The molecule has 0 spiro atoms. The van der Waals surface area contributed by atoms with Crippen LogP contribution in [-0.4, -0.2) is 41.1 Å². The Morgan fingerprint density at radius 2 is 2.04 bits per heavy atom. The number of sulfonamides is 1. The highest BCUT2D eigenvalue weighted by atomic mass is 32.2. The van der Waals surface area contributed by atoms with E-state index >= 15 is 0 Å². The zero-order valence-electron chi connectivity index (χ0n) is 13.4. The van der Waals surface area contributed by atoms with Crippen molar-refractivity contribution < 1.29 is 17.9 Å². The number of aryl methyl sites for hydroxylation is 1. The lowest BCUT2D eigenvalue weighted by Crippen LogP contribution is -2.47. The number of ether oxygens (including phenoxy) is 1. The van der Waals surface area contributed by atoms with Gasteiger partial charge in [0.05, 0.1) is 16.9 Å². The van der Waals surface area contributed by atoms with Crippen LogP contribution in [0.4, 0.5) is 5.69 Å². The second-order valence-electron chi connectivity index (χ2n) is 5.94. The van der Waals surface area contributed by atoms with E-state index in [0.29, 0.717) is 30.7 Å². The van der Waals surface area contributed by atoms with Crippen LogP contribution in [0.15, 0.2) is 23.1 Å². The van der Waals surface area contributed by atoms with Crippen LogP contribution in [0.2, 0.25) is 0 Å². The van der Waals surface area contributed by atoms with Crippen LogP contribution in [0, 0.1) is 12.3 Å². The molecule has 1 aromatic carbocycles. The predicted molar refractivity (Wildman–Crippen MR) is 87.6 cm³/mol. The van der Waals surface area contributed by atoms with Crippen molar-refractivity contribution in [2.75, 3.05) is 32.1 Å². The highest BCUT2D eigenvalue weighted by Gasteiger charge is 2.39. The minimum atomic E-state index is -3.83. The molecule has 128 valence electrons. The van der Waals surface area contributed by atoms with Crippen molar-refractivity contribution in [1.82, 2.24) is 5.32 Å². The molecule has 0 unspecified atom stereocenters. The topological polar surface area (TPSA) is 111 Å². The quantitative estimate of drug-likeness (QED) is 0.726. The summed E-state index contributed by atoms with van der Waals surface area (Å²) in [6.45, 7) is 3.47. The summed E-state index contributed by atoms with van der Waals surface area (Å²) in [7, 11) is -2.26. The Morgan fingerprint density at radius 1 is 1.39 bits per heavy atom. The fourth-order valence-electron chi connectivity index (χ4n) is 2.87. The third-order valence-corrected chi connectivity index (χ3v) is 5.27. The molecule has 2 rings (SSSR count). The van der Waals surface area contributed by atoms with Gasteiger partial charge in [0.2, 0.25) is 15.9 Å². The lowest BCUT2D eigenvalue weighted by Gasteiger charge is -2.35. The maximum atomic E-state index is 12.7. The second kappa shape index (κ2) is 6.96. The molecule has 1 amide bonds. The number of rotatable bonds is 5. The highest BCUT2D eigenvalue weighted by Crippen LogP contribution is 2.31. The Morgan fingerprint density at radius 3 is 2.61 bits per heavy atom. The number of nitrogens with two attached hydrogens (primary N) is 1. The van der Waals surface area contributed by atoms with E-state index in [4.69, 9.17) is 9.88 Å². The van der Waals surface area contributed by atoms with Crippen LogP contribution in [0.1, 0.15) is 18.4 Å². The zero-order chi connectivity index (χ0) is 17.1. The predicted octanol–water partition coefficient (Wildman–Crippen LogP) is 0.597. The van der Waals surface area contributed by atoms with Crippen LogP contribution >= 0.6 is 0 Å². The molecule has 1 fully saturated rings. The van der Waals surface area contributed by atoms with Gasteiger partial charge in [-0.05, 0) is 50.6 Å². The minimum Gasteiger partial charge on any atom is -0.384 e. The standard InChI is InChI=1S/C15H23N3O4S/c1-11-3-4-12(9-13(11)23(16,20)21)18-14(19)15(10-22-2)5-7-17-8-6-15/h3-4,9,17H,5-8,10H2,1-2H3,(H,18,19)(H2,16,20,21). The first-order chi connectivity index (χ1) is 10.8. The monoisotopic (exact) mass is 341 g/mol. The van der Waals surface area contributed by atoms with E-state index in [-0.39, 0.29) is 10.8 Å². The summed E-state index contributed by atoms with van der Waals surface area (Å²) < 4.78 is 28.4. The van der Waals surface area contributed by atoms with Gasteiger partial charge in [-0.25, -0.2) is 13.6 Å². The average molecular weight is 341 g/mol. The van der Waals surface area contributed by atoms with Crippen molar-refractivity contribution in [3.05, 3.63) is 23.8 Å². The van der Waals surface area contributed by atoms with Gasteiger partial charge in [0.1, 0.15) is 0 Å². The van der Waals surface area contributed by atoms with Gasteiger partial charge in [-0.15, -0.1) is 0 Å². The molecule has 4 N–H and O–H groups in total. The molecule has 0 aliphatic carbocycles. The van der Waals surface area contributed by atoms with E-state index in [9.17, 15) is 13.2 Å². The van der Waals surface area contributed by atoms with Crippen molar-refractivity contribution in [3.63, 3.8) is 0 Å². The van der Waals surface area contributed by atoms with Gasteiger partial charge in [0.25, 0.3) is 0 Å². The Kier molecular flexibility index (Phi) is 5.41. The van der Waals surface area contributed by atoms with Crippen LogP contribution in [0.3, 0.4) is 0 Å². The summed E-state index contributed by atoms with van der Waals surface area (Å²) in [4.78, 5) is 12.7. The molecule has 0 atom stereocenters. The summed E-state index contributed by atoms with van der Waals surface area (Å²) >= 11 is 0. The van der Waals surface area contributed by atoms with E-state index in [1.165, 1.54) is 6.07 Å². The van der Waals surface area contributed by atoms with Crippen LogP contribution < -0.4 is 15.8 Å². The molecule has 8 heteroatoms. The van der Waals surface area contributed by atoms with Gasteiger partial charge in [0, 0.05) is 12.8 Å². The molecule has 1 saturated heterocycles. The third kappa shape index (κ3) is 4.08. The van der Waals surface area contributed by atoms with Gasteiger partial charge in [-0.2, -0.15) is 0 Å². The maximum Gasteiger partial charge on any atom is 0.238 e. The molecule has 0 bridgehead atoms. The van der Waals surface area contributed by atoms with E-state index in [2.05, 4.69) is 10.6 Å². The van der Waals surface area contributed by atoms with E-state index in [0.717, 1.165) is 13.1 Å². The first kappa shape index (κ1) is 17.9. The molecule has 1 aromatic rings. The van der Waals surface area contributed by atoms with Crippen LogP contribution in [0.25, 0.3) is 0 Å². The number of amides is 1. The number of primary sulfonamides is 1. The maximum absolute atomic E-state index is 12.7. The average Bonchev–Trinajstić information content (AvgIpc) is 2.49. The number of hydrogen-bond donors (Lipinski definition) is 3. The number of anilines is 1. The number of benzene rings is 1. The highest BCUT2D eigenvalue weighted by molar-refractivity contribution is 7.89. The smallest absolute Gasteiger partial charge is 0.238 e. The molecule has 0 saturated carbocycles. The Balaban J connectivity index is 2.25. The van der Waals surface area contributed by atoms with Crippen molar-refractivity contribution >= 4 is 21.6 Å². The lowest BCUT2D eigenvalue weighted by atomic mass is 9.78. The number of piperidine rings is 1. The summed E-state index contributed by atoms with van der Waals surface area (Å²) in [5.41, 5.74) is 0.352. The Labute approximate surface area is 136 Å². The third-order valence-electron chi connectivity index (χ3n) is 4.22. The molecule has 23 heavy (non-hydrogen) atoms. The molecular weight excluding hydrogens is 318 g/mol. The SMILES string of the molecule is COCC1(C(=O)Nc2ccc(C)c(S(N)(=O)=O)c2)CCNCC1. The minimum absolute atomic E-state index is 0.0152. The first-order valence-electron chi connectivity index (χ1n) is 7.43. The largest absolute Gasteiger partial charge is 0.384 e. The van der Waals surface area contributed by atoms with Crippen molar-refractivity contribution in [3.8, 4) is 0 Å². The summed E-state index contributed by atoms with van der Waals surface area (Å²) in [6, 6.07) is 4.69. The lowest BCUT2D eigenvalue weighted by molar-refractivity contribution is -0.130. The number of carbonyl (C=O) groups is 1. The van der Waals surface area contributed by atoms with Gasteiger partial charge in [-0.1, -0.05) is 6.07 Å². The fourth-order valence-corrected chi connectivity index (χ4v) is 3.67. The molecule has 0 radical (unpaired) electrons. The molecule has 7 nitrogen and oxygen atoms in total. The zero-order valence-corrected chi connectivity index (χ0v) is 14.2. The van der Waals surface area contributed by atoms with Gasteiger partial charge >= 0.3 is 0 Å². The van der Waals surface area contributed by atoms with Gasteiger partial charge < -0.3 is 15.4 Å². The first-order valence-corrected chi connectivity index (χ1v) is 8.98. The van der Waals surface area contributed by atoms with Gasteiger partial charge in [-0.3, -0.25) is 4.79 Å². The Hall–Kier alpha value is -1.48. The normalized spacial score (nSPS) is 17.7. The van der Waals surface area contributed by atoms with Crippen molar-refractivity contribution in [2.45, 2.75) is 24.7 Å². The summed E-state index contributed by atoms with van der Waals surface area (Å²) in [6.07, 6.45) is 1.33. The summed E-state index contributed by atoms with van der Waals surface area (Å²) in [5, 5.41) is 11.2. The summed E-state index contributed by atoms with van der Waals surface area (Å²) in [5.74, 6) is -0.162. The molecule has 1 aliphatic heterocycles. The molecule has 1 heterocycles. The fraction of sp³-hybridized carbons (Fsp3) is 0.533. The molecule has 0 aromatic heterocycles. The van der Waals surface area contributed by atoms with Crippen LogP contribution in [0.5, 0.6) is 0 Å². The number of hydrogen-bond acceptors (Lipinski definition) is 5.